The van der Waals surface area contributed by atoms with Crippen LogP contribution < -0.4 is 0 Å². The van der Waals surface area contributed by atoms with E-state index in [0.29, 0.717) is 10.6 Å². The summed E-state index contributed by atoms with van der Waals surface area (Å²) in [6.07, 6.45) is 3.36. The molecule has 0 saturated carbocycles. The van der Waals surface area contributed by atoms with Gasteiger partial charge in [0, 0.05) is 28.4 Å². The first kappa shape index (κ1) is 12.6. The van der Waals surface area contributed by atoms with Crippen molar-refractivity contribution in [2.75, 3.05) is 0 Å². The van der Waals surface area contributed by atoms with E-state index in [-0.39, 0.29) is 5.75 Å². The summed E-state index contributed by atoms with van der Waals surface area (Å²) in [5.74, 6) is 0.153. The highest BCUT2D eigenvalue weighted by Crippen LogP contribution is 2.22. The van der Waals surface area contributed by atoms with E-state index in [1.807, 2.05) is 30.3 Å². The summed E-state index contributed by atoms with van der Waals surface area (Å²) in [6.45, 7) is 0. The van der Waals surface area contributed by atoms with Crippen LogP contribution in [0.2, 0.25) is 5.02 Å². The number of benzene rings is 2. The number of aromatic hydroxyl groups is 1. The molecule has 1 heterocycles. The normalized spacial score (nSPS) is 11.2. The molecule has 2 aromatic carbocycles. The third-order valence-electron chi connectivity index (χ3n) is 2.93. The second kappa shape index (κ2) is 5.31. The first-order chi connectivity index (χ1) is 9.72. The Kier molecular flexibility index (Phi) is 3.35. The number of pyridine rings is 1. The van der Waals surface area contributed by atoms with Gasteiger partial charge < -0.3 is 5.11 Å². The van der Waals surface area contributed by atoms with Crippen molar-refractivity contribution >= 4 is 34.4 Å². The Bertz CT molecular complexity index is 799. The zero-order valence-electron chi connectivity index (χ0n) is 10.5. The molecule has 3 rings (SSSR count). The molecule has 0 amide bonds. The van der Waals surface area contributed by atoms with E-state index in [0.717, 1.165) is 16.6 Å². The van der Waals surface area contributed by atoms with Crippen LogP contribution >= 0.6 is 11.6 Å². The maximum atomic E-state index is 9.72. The number of aromatic nitrogens is 1. The Morgan fingerprint density at radius 1 is 1.10 bits per heavy atom. The van der Waals surface area contributed by atoms with Gasteiger partial charge in [-0.3, -0.25) is 9.98 Å². The van der Waals surface area contributed by atoms with Gasteiger partial charge in [0.2, 0.25) is 0 Å². The SMILES string of the molecule is Oc1ccc(Cl)cc1C=Nc1ccc2ncccc2c1. The summed E-state index contributed by atoms with van der Waals surface area (Å²) in [6, 6.07) is 14.5. The van der Waals surface area contributed by atoms with Crippen LogP contribution in [0.3, 0.4) is 0 Å². The lowest BCUT2D eigenvalue weighted by atomic mass is 10.2. The topological polar surface area (TPSA) is 45.5 Å². The van der Waals surface area contributed by atoms with Gasteiger partial charge in [0.1, 0.15) is 5.75 Å². The molecule has 0 aliphatic rings. The molecular formula is C16H11ClN2O. The van der Waals surface area contributed by atoms with Crippen LogP contribution in [0, 0.1) is 0 Å². The summed E-state index contributed by atoms with van der Waals surface area (Å²) >= 11 is 5.90. The number of phenols is 1. The number of rotatable bonds is 2. The van der Waals surface area contributed by atoms with Crippen LogP contribution in [0.4, 0.5) is 5.69 Å². The van der Waals surface area contributed by atoms with Crippen LogP contribution in [-0.4, -0.2) is 16.3 Å². The van der Waals surface area contributed by atoms with Gasteiger partial charge in [0.25, 0.3) is 0 Å². The second-order valence-electron chi connectivity index (χ2n) is 4.34. The van der Waals surface area contributed by atoms with Gasteiger partial charge >= 0.3 is 0 Å². The Balaban J connectivity index is 1.96. The predicted octanol–water partition coefficient (Wildman–Crippen LogP) is 4.34. The molecule has 0 spiro atoms. The van der Waals surface area contributed by atoms with Crippen molar-refractivity contribution in [3.05, 3.63) is 65.3 Å². The number of hydrogen-bond acceptors (Lipinski definition) is 3. The van der Waals surface area contributed by atoms with E-state index >= 15 is 0 Å². The second-order valence-corrected chi connectivity index (χ2v) is 4.78. The molecule has 0 radical (unpaired) electrons. The van der Waals surface area contributed by atoms with Crippen LogP contribution in [-0.2, 0) is 0 Å². The van der Waals surface area contributed by atoms with E-state index in [1.54, 1.807) is 30.6 Å². The molecule has 1 N–H and O–H groups in total. The van der Waals surface area contributed by atoms with Crippen LogP contribution in [0.15, 0.2) is 59.7 Å². The van der Waals surface area contributed by atoms with Crippen LogP contribution in [0.1, 0.15) is 5.56 Å². The Hall–Kier alpha value is -2.39. The minimum absolute atomic E-state index is 0.153. The number of halogens is 1. The van der Waals surface area contributed by atoms with Gasteiger partial charge in [-0.05, 0) is 42.5 Å². The molecule has 0 bridgehead atoms. The smallest absolute Gasteiger partial charge is 0.124 e. The molecule has 0 atom stereocenters. The lowest BCUT2D eigenvalue weighted by Crippen LogP contribution is -1.82. The van der Waals surface area contributed by atoms with Gasteiger partial charge in [0.05, 0.1) is 11.2 Å². The van der Waals surface area contributed by atoms with E-state index in [1.165, 1.54) is 0 Å². The van der Waals surface area contributed by atoms with E-state index < -0.39 is 0 Å². The third-order valence-corrected chi connectivity index (χ3v) is 3.16. The van der Waals surface area contributed by atoms with Crippen molar-refractivity contribution < 1.29 is 5.11 Å². The molecule has 20 heavy (non-hydrogen) atoms. The highest BCUT2D eigenvalue weighted by Gasteiger charge is 1.99. The molecule has 3 nitrogen and oxygen atoms in total. The van der Waals surface area contributed by atoms with Crippen molar-refractivity contribution in [2.45, 2.75) is 0 Å². The molecule has 0 fully saturated rings. The quantitative estimate of drug-likeness (QED) is 0.711. The fraction of sp³-hybridized carbons (Fsp3) is 0. The van der Waals surface area contributed by atoms with Crippen LogP contribution in [0.25, 0.3) is 10.9 Å². The molecule has 4 heteroatoms. The van der Waals surface area contributed by atoms with Gasteiger partial charge in [-0.15, -0.1) is 0 Å². The molecule has 1 aromatic heterocycles. The van der Waals surface area contributed by atoms with Crippen molar-refractivity contribution in [2.24, 2.45) is 4.99 Å². The first-order valence-corrected chi connectivity index (χ1v) is 6.47. The third kappa shape index (κ3) is 2.63. The summed E-state index contributed by atoms with van der Waals surface area (Å²) in [5.41, 5.74) is 2.31. The maximum Gasteiger partial charge on any atom is 0.124 e. The number of phenolic OH excluding ortho intramolecular Hbond substituents is 1. The largest absolute Gasteiger partial charge is 0.507 e. The lowest BCUT2D eigenvalue weighted by molar-refractivity contribution is 0.474. The number of aliphatic imine (C=N–C) groups is 1. The summed E-state index contributed by atoms with van der Waals surface area (Å²) in [7, 11) is 0. The van der Waals surface area contributed by atoms with Crippen molar-refractivity contribution in [3.63, 3.8) is 0 Å². The van der Waals surface area contributed by atoms with E-state index in [4.69, 9.17) is 11.6 Å². The maximum absolute atomic E-state index is 9.72. The zero-order valence-corrected chi connectivity index (χ0v) is 11.2. The average Bonchev–Trinajstić information content (AvgIpc) is 2.48. The molecule has 0 saturated heterocycles. The highest BCUT2D eigenvalue weighted by molar-refractivity contribution is 6.30. The molecule has 0 unspecified atom stereocenters. The van der Waals surface area contributed by atoms with Gasteiger partial charge in [0.15, 0.2) is 0 Å². The fourth-order valence-electron chi connectivity index (χ4n) is 1.92. The Morgan fingerprint density at radius 3 is 2.90 bits per heavy atom. The van der Waals surface area contributed by atoms with E-state index in [9.17, 15) is 5.11 Å². The lowest BCUT2D eigenvalue weighted by Gasteiger charge is -2.00. The van der Waals surface area contributed by atoms with Crippen molar-refractivity contribution in [1.82, 2.24) is 4.98 Å². The predicted molar refractivity (Wildman–Crippen MR) is 82.1 cm³/mol. The fourth-order valence-corrected chi connectivity index (χ4v) is 2.10. The van der Waals surface area contributed by atoms with Gasteiger partial charge in [-0.2, -0.15) is 0 Å². The average molecular weight is 283 g/mol. The molecule has 3 aromatic rings. The van der Waals surface area contributed by atoms with Crippen molar-refractivity contribution in [1.29, 1.82) is 0 Å². The summed E-state index contributed by atoms with van der Waals surface area (Å²) in [4.78, 5) is 8.61. The molecule has 98 valence electrons. The van der Waals surface area contributed by atoms with Crippen LogP contribution in [0.5, 0.6) is 5.75 Å². The Labute approximate surface area is 121 Å². The minimum Gasteiger partial charge on any atom is -0.507 e. The first-order valence-electron chi connectivity index (χ1n) is 6.10. The van der Waals surface area contributed by atoms with Gasteiger partial charge in [-0.25, -0.2) is 0 Å². The monoisotopic (exact) mass is 282 g/mol. The molecule has 0 aliphatic carbocycles. The minimum atomic E-state index is 0.153. The summed E-state index contributed by atoms with van der Waals surface area (Å²) < 4.78 is 0. The number of hydrogen-bond donors (Lipinski definition) is 1. The zero-order chi connectivity index (χ0) is 13.9. The summed E-state index contributed by atoms with van der Waals surface area (Å²) in [5, 5.41) is 11.3. The Morgan fingerprint density at radius 2 is 2.00 bits per heavy atom. The number of fused-ring (bicyclic) bond motifs is 1. The van der Waals surface area contributed by atoms with Crippen molar-refractivity contribution in [3.8, 4) is 5.75 Å². The molecular weight excluding hydrogens is 272 g/mol. The highest BCUT2D eigenvalue weighted by atomic mass is 35.5. The number of nitrogens with zero attached hydrogens (tertiary/aromatic N) is 2. The van der Waals surface area contributed by atoms with E-state index in [2.05, 4.69) is 9.98 Å². The standard InChI is InChI=1S/C16H11ClN2O/c17-13-3-6-16(20)12(8-13)10-19-14-4-5-15-11(9-14)2-1-7-18-15/h1-10,20H. The van der Waals surface area contributed by atoms with Gasteiger partial charge in [-0.1, -0.05) is 17.7 Å². The molecule has 0 aliphatic heterocycles.